The highest BCUT2D eigenvalue weighted by molar-refractivity contribution is 5.85. The van der Waals surface area contributed by atoms with Gasteiger partial charge in [0.15, 0.2) is 6.10 Å². The molecule has 0 radical (unpaired) electrons. The average molecular weight is 319 g/mol. The molecule has 0 bridgehead atoms. The van der Waals surface area contributed by atoms with Crippen molar-refractivity contribution < 1.29 is 39.9 Å². The van der Waals surface area contributed by atoms with Crippen LogP contribution >= 0.6 is 0 Å². The minimum atomic E-state index is -1.71. The van der Waals surface area contributed by atoms with Crippen LogP contribution < -0.4 is 5.32 Å². The highest BCUT2D eigenvalue weighted by Gasteiger charge is 2.43. The molecule has 0 aromatic carbocycles. The summed E-state index contributed by atoms with van der Waals surface area (Å²) in [6.45, 7) is 2.42. The van der Waals surface area contributed by atoms with Crippen molar-refractivity contribution in [2.75, 3.05) is 6.61 Å². The number of carbonyl (C=O) groups excluding carboxylic acids is 1. The van der Waals surface area contributed by atoms with Crippen molar-refractivity contribution >= 4 is 11.9 Å². The molecule has 0 aromatic heterocycles. The van der Waals surface area contributed by atoms with Crippen molar-refractivity contribution in [3.63, 3.8) is 0 Å². The Morgan fingerprint density at radius 3 is 2.41 bits per heavy atom. The Morgan fingerprint density at radius 2 is 1.95 bits per heavy atom. The third-order valence-corrected chi connectivity index (χ3v) is 3.27. The summed E-state index contributed by atoms with van der Waals surface area (Å²) in [5.41, 5.74) is 0. The van der Waals surface area contributed by atoms with Crippen LogP contribution in [0.2, 0.25) is 0 Å². The number of nitrogens with one attached hydrogen (secondary N) is 1. The van der Waals surface area contributed by atoms with Crippen molar-refractivity contribution in [3.8, 4) is 0 Å². The molecule has 0 spiro atoms. The number of aliphatic hydroxyl groups is 4. The molecule has 1 rings (SSSR count). The summed E-state index contributed by atoms with van der Waals surface area (Å²) in [4.78, 5) is 22.7. The normalized spacial score (nSPS) is 27.6. The van der Waals surface area contributed by atoms with E-state index >= 15 is 0 Å². The van der Waals surface area contributed by atoms with Crippen LogP contribution in [0.1, 0.15) is 13.8 Å². The molecule has 1 aliphatic rings. The average Bonchev–Trinajstić information content (AvgIpc) is 2.46. The SMILES string of the molecule is CC(C)C(=O)NC1C(C(O)C(O)CO)OC(C(=O)O)=C[C@H]1O. The van der Waals surface area contributed by atoms with Gasteiger partial charge in [0, 0.05) is 5.92 Å². The molecule has 9 heteroatoms. The van der Waals surface area contributed by atoms with E-state index in [1.54, 1.807) is 13.8 Å². The smallest absolute Gasteiger partial charge is 0.370 e. The molecule has 9 nitrogen and oxygen atoms in total. The van der Waals surface area contributed by atoms with Crippen LogP contribution in [-0.2, 0) is 14.3 Å². The number of hydrogen-bond acceptors (Lipinski definition) is 7. The fourth-order valence-electron chi connectivity index (χ4n) is 1.94. The van der Waals surface area contributed by atoms with Gasteiger partial charge in [-0.3, -0.25) is 4.79 Å². The number of ether oxygens (including phenoxy) is 1. The summed E-state index contributed by atoms with van der Waals surface area (Å²) >= 11 is 0. The summed E-state index contributed by atoms with van der Waals surface area (Å²) in [6, 6.07) is -1.17. The predicted molar refractivity (Wildman–Crippen MR) is 72.5 cm³/mol. The van der Waals surface area contributed by atoms with Gasteiger partial charge in [-0.2, -0.15) is 0 Å². The molecule has 1 heterocycles. The van der Waals surface area contributed by atoms with Crippen molar-refractivity contribution in [2.45, 2.75) is 44.3 Å². The molecule has 1 amide bonds. The van der Waals surface area contributed by atoms with Crippen LogP contribution in [-0.4, -0.2) is 74.5 Å². The van der Waals surface area contributed by atoms with Gasteiger partial charge < -0.3 is 35.6 Å². The van der Waals surface area contributed by atoms with Crippen LogP contribution in [0.15, 0.2) is 11.8 Å². The number of carbonyl (C=O) groups is 2. The van der Waals surface area contributed by atoms with Gasteiger partial charge in [-0.05, 0) is 6.08 Å². The number of carboxylic acids is 1. The largest absolute Gasteiger partial charge is 0.478 e. The van der Waals surface area contributed by atoms with Crippen LogP contribution in [0.4, 0.5) is 0 Å². The Bertz CT molecular complexity index is 449. The first-order valence-electron chi connectivity index (χ1n) is 6.76. The lowest BCUT2D eigenvalue weighted by Gasteiger charge is -2.38. The predicted octanol–water partition coefficient (Wildman–Crippen LogP) is -2.43. The molecule has 22 heavy (non-hydrogen) atoms. The van der Waals surface area contributed by atoms with Gasteiger partial charge in [0.05, 0.1) is 12.6 Å². The number of carboxylic acid groups (broad SMARTS) is 1. The second kappa shape index (κ2) is 7.54. The zero-order chi connectivity index (χ0) is 17.0. The van der Waals surface area contributed by atoms with Gasteiger partial charge >= 0.3 is 5.97 Å². The Morgan fingerprint density at radius 1 is 1.36 bits per heavy atom. The Labute approximate surface area is 126 Å². The van der Waals surface area contributed by atoms with Crippen molar-refractivity contribution in [3.05, 3.63) is 11.8 Å². The number of hydrogen-bond donors (Lipinski definition) is 6. The second-order valence-corrected chi connectivity index (χ2v) is 5.34. The number of rotatable bonds is 6. The second-order valence-electron chi connectivity index (χ2n) is 5.34. The first kappa shape index (κ1) is 18.4. The first-order valence-corrected chi connectivity index (χ1v) is 6.76. The van der Waals surface area contributed by atoms with E-state index in [4.69, 9.17) is 14.9 Å². The Kier molecular flexibility index (Phi) is 6.30. The number of aliphatic hydroxyl groups excluding tert-OH is 4. The van der Waals surface area contributed by atoms with Gasteiger partial charge in [0.2, 0.25) is 11.7 Å². The van der Waals surface area contributed by atoms with Crippen LogP contribution in [0, 0.1) is 5.92 Å². The molecule has 1 aliphatic heterocycles. The van der Waals surface area contributed by atoms with Gasteiger partial charge in [-0.1, -0.05) is 13.8 Å². The molecule has 6 N–H and O–H groups in total. The summed E-state index contributed by atoms with van der Waals surface area (Å²) < 4.78 is 5.06. The third kappa shape index (κ3) is 4.17. The molecular weight excluding hydrogens is 298 g/mol. The maximum atomic E-state index is 11.8. The summed E-state index contributed by atoms with van der Waals surface area (Å²) in [5, 5.41) is 49.7. The Balaban J connectivity index is 3.06. The zero-order valence-electron chi connectivity index (χ0n) is 12.2. The van der Waals surface area contributed by atoms with E-state index in [9.17, 15) is 24.9 Å². The number of aliphatic carboxylic acids is 1. The van der Waals surface area contributed by atoms with Crippen molar-refractivity contribution in [1.29, 1.82) is 0 Å². The summed E-state index contributed by atoms with van der Waals surface area (Å²) in [6.07, 6.45) is -5.31. The highest BCUT2D eigenvalue weighted by atomic mass is 16.5. The molecule has 0 aliphatic carbocycles. The van der Waals surface area contributed by atoms with E-state index in [2.05, 4.69) is 5.32 Å². The topological polar surface area (TPSA) is 157 Å². The first-order chi connectivity index (χ1) is 10.2. The monoisotopic (exact) mass is 319 g/mol. The van der Waals surface area contributed by atoms with Gasteiger partial charge in [0.25, 0.3) is 0 Å². The zero-order valence-corrected chi connectivity index (χ0v) is 12.2. The molecule has 5 atom stereocenters. The molecule has 0 saturated heterocycles. The van der Waals surface area contributed by atoms with Crippen molar-refractivity contribution in [1.82, 2.24) is 5.32 Å². The van der Waals surface area contributed by atoms with Crippen LogP contribution in [0.25, 0.3) is 0 Å². The molecule has 4 unspecified atom stereocenters. The lowest BCUT2D eigenvalue weighted by atomic mass is 9.93. The third-order valence-electron chi connectivity index (χ3n) is 3.27. The molecular formula is C13H21NO8. The van der Waals surface area contributed by atoms with E-state index in [1.807, 2.05) is 0 Å². The van der Waals surface area contributed by atoms with E-state index in [-0.39, 0.29) is 0 Å². The van der Waals surface area contributed by atoms with E-state index in [1.165, 1.54) is 0 Å². The van der Waals surface area contributed by atoms with Gasteiger partial charge in [-0.25, -0.2) is 4.79 Å². The lowest BCUT2D eigenvalue weighted by Crippen LogP contribution is -2.60. The summed E-state index contributed by atoms with van der Waals surface area (Å²) in [7, 11) is 0. The van der Waals surface area contributed by atoms with Crippen molar-refractivity contribution in [2.24, 2.45) is 5.92 Å². The quantitative estimate of drug-likeness (QED) is 0.315. The van der Waals surface area contributed by atoms with Crippen LogP contribution in [0.5, 0.6) is 0 Å². The molecule has 0 fully saturated rings. The lowest BCUT2D eigenvalue weighted by molar-refractivity contribution is -0.150. The van der Waals surface area contributed by atoms with E-state index in [0.29, 0.717) is 0 Å². The standard InChI is InChI=1S/C13H21NO8/c1-5(2)12(19)14-9-6(16)3-8(13(20)21)22-11(9)10(18)7(17)4-15/h3,5-7,9-11,15-18H,4H2,1-2H3,(H,14,19)(H,20,21)/t6-,7?,9?,10?,11?/m1/s1. The fraction of sp³-hybridized carbons (Fsp3) is 0.692. The van der Waals surface area contributed by atoms with Gasteiger partial charge in [0.1, 0.15) is 18.3 Å². The highest BCUT2D eigenvalue weighted by Crippen LogP contribution is 2.23. The van der Waals surface area contributed by atoms with E-state index < -0.39 is 60.6 Å². The Hall–Kier alpha value is -1.68. The minimum Gasteiger partial charge on any atom is -0.478 e. The van der Waals surface area contributed by atoms with E-state index in [0.717, 1.165) is 6.08 Å². The molecule has 126 valence electrons. The van der Waals surface area contributed by atoms with Gasteiger partial charge in [-0.15, -0.1) is 0 Å². The molecule has 0 saturated carbocycles. The molecule has 0 aromatic rings. The number of amides is 1. The minimum absolute atomic E-state index is 0.419. The van der Waals surface area contributed by atoms with Crippen LogP contribution in [0.3, 0.4) is 0 Å². The maximum absolute atomic E-state index is 11.8. The maximum Gasteiger partial charge on any atom is 0.370 e. The summed E-state index contributed by atoms with van der Waals surface area (Å²) in [5.74, 6) is -2.95. The fourth-order valence-corrected chi connectivity index (χ4v) is 1.94.